The molecule has 1 fully saturated rings. The molecule has 0 unspecified atom stereocenters. The van der Waals surface area contributed by atoms with Crippen LogP contribution >= 0.6 is 0 Å². The maximum atomic E-state index is 13.3. The summed E-state index contributed by atoms with van der Waals surface area (Å²) in [4.78, 5) is 20.6. The van der Waals surface area contributed by atoms with Crippen LogP contribution in [0.25, 0.3) is 0 Å². The Bertz CT molecular complexity index is 790. The zero-order valence-electron chi connectivity index (χ0n) is 15.3. The van der Waals surface area contributed by atoms with Crippen LogP contribution in [-0.2, 0) is 12.0 Å². The Morgan fingerprint density at radius 3 is 2.42 bits per heavy atom. The highest BCUT2D eigenvalue weighted by Gasteiger charge is 2.25. The Labute approximate surface area is 151 Å². The summed E-state index contributed by atoms with van der Waals surface area (Å²) in [7, 11) is 0. The predicted molar refractivity (Wildman–Crippen MR) is 92.7 cm³/mol. The minimum Gasteiger partial charge on any atom is -0.444 e. The second-order valence-electron chi connectivity index (χ2n) is 7.57. The quantitative estimate of drug-likeness (QED) is 0.840. The molecular formula is C19H23F2N3O2. The molecule has 0 atom stereocenters. The Balaban J connectivity index is 1.56. The highest BCUT2D eigenvalue weighted by molar-refractivity contribution is 5.94. The van der Waals surface area contributed by atoms with E-state index < -0.39 is 11.6 Å². The summed E-state index contributed by atoms with van der Waals surface area (Å²) in [6.07, 6.45) is 1.76. The third kappa shape index (κ3) is 4.09. The fourth-order valence-electron chi connectivity index (χ4n) is 2.84. The normalized spacial score (nSPS) is 16.1. The van der Waals surface area contributed by atoms with Gasteiger partial charge in [0.25, 0.3) is 5.91 Å². The molecule has 2 aromatic rings. The minimum atomic E-state index is -1.01. The lowest BCUT2D eigenvalue weighted by atomic mass is 9.94. The molecule has 1 aliphatic heterocycles. The first-order chi connectivity index (χ1) is 12.2. The first-order valence-corrected chi connectivity index (χ1v) is 8.66. The monoisotopic (exact) mass is 363 g/mol. The number of benzene rings is 1. The molecule has 7 heteroatoms. The molecule has 5 nitrogen and oxygen atoms in total. The van der Waals surface area contributed by atoms with Gasteiger partial charge in [-0.25, -0.2) is 13.8 Å². The van der Waals surface area contributed by atoms with Gasteiger partial charge in [0.05, 0.1) is 12.7 Å². The number of amides is 1. The first-order valence-electron chi connectivity index (χ1n) is 8.66. The number of rotatable bonds is 3. The summed E-state index contributed by atoms with van der Waals surface area (Å²) in [5.41, 5.74) is 0.0840. The molecule has 0 aliphatic carbocycles. The highest BCUT2D eigenvalue weighted by Crippen LogP contribution is 2.23. The van der Waals surface area contributed by atoms with E-state index in [2.05, 4.69) is 30.7 Å². The van der Waals surface area contributed by atoms with Crippen molar-refractivity contribution in [1.82, 2.24) is 14.8 Å². The topological polar surface area (TPSA) is 49.6 Å². The predicted octanol–water partition coefficient (Wildman–Crippen LogP) is 3.21. The summed E-state index contributed by atoms with van der Waals surface area (Å²) in [5, 5.41) is 0. The van der Waals surface area contributed by atoms with Crippen LogP contribution < -0.4 is 0 Å². The Morgan fingerprint density at radius 1 is 1.15 bits per heavy atom. The third-order valence-electron chi connectivity index (χ3n) is 4.48. The van der Waals surface area contributed by atoms with Crippen LogP contribution in [0.1, 0.15) is 42.8 Å². The maximum Gasteiger partial charge on any atom is 0.254 e. The number of oxazole rings is 1. The van der Waals surface area contributed by atoms with Crippen LogP contribution in [0, 0.1) is 11.6 Å². The van der Waals surface area contributed by atoms with Crippen molar-refractivity contribution in [3.8, 4) is 0 Å². The van der Waals surface area contributed by atoms with Gasteiger partial charge in [0, 0.05) is 37.2 Å². The number of aromatic nitrogens is 1. The van der Waals surface area contributed by atoms with Gasteiger partial charge in [0.15, 0.2) is 11.6 Å². The number of carbonyl (C=O) groups excluding carboxylic acids is 1. The number of piperazine rings is 1. The van der Waals surface area contributed by atoms with Gasteiger partial charge >= 0.3 is 0 Å². The number of hydrogen-bond acceptors (Lipinski definition) is 4. The van der Waals surface area contributed by atoms with Gasteiger partial charge in [-0.3, -0.25) is 9.69 Å². The molecule has 0 radical (unpaired) electrons. The largest absolute Gasteiger partial charge is 0.444 e. The van der Waals surface area contributed by atoms with Crippen LogP contribution in [-0.4, -0.2) is 46.9 Å². The SMILES string of the molecule is CC(C)(C)c1cnc(CN2CCN(C(=O)c3ccc(F)c(F)c3)CC2)o1. The summed E-state index contributed by atoms with van der Waals surface area (Å²) < 4.78 is 32.2. The second-order valence-corrected chi connectivity index (χ2v) is 7.57. The number of carbonyl (C=O) groups is 1. The van der Waals surface area contributed by atoms with Crippen LogP contribution in [0.4, 0.5) is 8.78 Å². The van der Waals surface area contributed by atoms with E-state index in [1.165, 1.54) is 6.07 Å². The van der Waals surface area contributed by atoms with E-state index in [9.17, 15) is 13.6 Å². The molecule has 1 saturated heterocycles. The minimum absolute atomic E-state index is 0.0825. The van der Waals surface area contributed by atoms with Gasteiger partial charge < -0.3 is 9.32 Å². The van der Waals surface area contributed by atoms with Crippen LogP contribution in [0.15, 0.2) is 28.8 Å². The fourth-order valence-corrected chi connectivity index (χ4v) is 2.84. The van der Waals surface area contributed by atoms with E-state index >= 15 is 0 Å². The molecule has 0 saturated carbocycles. The highest BCUT2D eigenvalue weighted by atomic mass is 19.2. The number of nitrogens with zero attached hydrogens (tertiary/aromatic N) is 3. The molecular weight excluding hydrogens is 340 g/mol. The van der Waals surface area contributed by atoms with Gasteiger partial charge in [-0.05, 0) is 18.2 Å². The lowest BCUT2D eigenvalue weighted by molar-refractivity contribution is 0.0616. The van der Waals surface area contributed by atoms with Crippen molar-refractivity contribution in [2.75, 3.05) is 26.2 Å². The van der Waals surface area contributed by atoms with Crippen molar-refractivity contribution < 1.29 is 18.0 Å². The lowest BCUT2D eigenvalue weighted by Gasteiger charge is -2.34. The van der Waals surface area contributed by atoms with E-state index in [0.717, 1.165) is 17.9 Å². The average Bonchev–Trinajstić information content (AvgIpc) is 3.06. The van der Waals surface area contributed by atoms with Crippen molar-refractivity contribution in [3.05, 3.63) is 53.2 Å². The van der Waals surface area contributed by atoms with E-state index in [-0.39, 0.29) is 16.9 Å². The summed E-state index contributed by atoms with van der Waals surface area (Å²) in [6.45, 7) is 9.17. The molecule has 1 amide bonds. The van der Waals surface area contributed by atoms with Crippen LogP contribution in [0.3, 0.4) is 0 Å². The van der Waals surface area contributed by atoms with Crippen molar-refractivity contribution in [2.45, 2.75) is 32.7 Å². The number of hydrogen-bond donors (Lipinski definition) is 0. The van der Waals surface area contributed by atoms with Crippen LogP contribution in [0.2, 0.25) is 0 Å². The Morgan fingerprint density at radius 2 is 1.85 bits per heavy atom. The zero-order valence-corrected chi connectivity index (χ0v) is 15.3. The molecule has 26 heavy (non-hydrogen) atoms. The molecule has 140 valence electrons. The molecule has 1 aromatic carbocycles. The van der Waals surface area contributed by atoms with Gasteiger partial charge in [0.2, 0.25) is 5.89 Å². The smallest absolute Gasteiger partial charge is 0.254 e. The Hall–Kier alpha value is -2.28. The summed E-state index contributed by atoms with van der Waals surface area (Å²) in [5.74, 6) is -0.732. The average molecular weight is 363 g/mol. The van der Waals surface area contributed by atoms with E-state index in [1.54, 1.807) is 11.1 Å². The van der Waals surface area contributed by atoms with E-state index in [1.807, 2.05) is 0 Å². The molecule has 0 N–H and O–H groups in total. The second kappa shape index (κ2) is 7.15. The van der Waals surface area contributed by atoms with Gasteiger partial charge in [-0.1, -0.05) is 20.8 Å². The standard InChI is InChI=1S/C19H23F2N3O2/c1-19(2,3)16-11-22-17(26-16)12-23-6-8-24(9-7-23)18(25)13-4-5-14(20)15(21)10-13/h4-5,10-11H,6-9,12H2,1-3H3. The van der Waals surface area contributed by atoms with Crippen molar-refractivity contribution in [2.24, 2.45) is 0 Å². The third-order valence-corrected chi connectivity index (χ3v) is 4.48. The van der Waals surface area contributed by atoms with Crippen LogP contribution in [0.5, 0.6) is 0 Å². The van der Waals surface area contributed by atoms with Crippen molar-refractivity contribution >= 4 is 5.91 Å². The lowest BCUT2D eigenvalue weighted by Crippen LogP contribution is -2.48. The molecule has 2 heterocycles. The zero-order chi connectivity index (χ0) is 18.9. The van der Waals surface area contributed by atoms with Crippen molar-refractivity contribution in [1.29, 1.82) is 0 Å². The molecule has 1 aromatic heterocycles. The van der Waals surface area contributed by atoms with Gasteiger partial charge in [-0.2, -0.15) is 0 Å². The van der Waals surface area contributed by atoms with Gasteiger partial charge in [-0.15, -0.1) is 0 Å². The van der Waals surface area contributed by atoms with Gasteiger partial charge in [0.1, 0.15) is 5.76 Å². The van der Waals surface area contributed by atoms with E-state index in [4.69, 9.17) is 4.42 Å². The Kier molecular flexibility index (Phi) is 5.09. The molecule has 0 bridgehead atoms. The fraction of sp³-hybridized carbons (Fsp3) is 0.474. The molecule has 3 rings (SSSR count). The van der Waals surface area contributed by atoms with E-state index in [0.29, 0.717) is 38.6 Å². The number of halogens is 2. The maximum absolute atomic E-state index is 13.3. The molecule has 0 spiro atoms. The summed E-state index contributed by atoms with van der Waals surface area (Å²) in [6, 6.07) is 3.24. The first kappa shape index (κ1) is 18.5. The molecule has 1 aliphatic rings. The summed E-state index contributed by atoms with van der Waals surface area (Å²) >= 11 is 0. The van der Waals surface area contributed by atoms with Crippen molar-refractivity contribution in [3.63, 3.8) is 0 Å².